The molecule has 1 aliphatic rings. The zero-order valence-corrected chi connectivity index (χ0v) is 13.9. The van der Waals surface area contributed by atoms with E-state index in [9.17, 15) is 4.79 Å². The molecule has 0 bridgehead atoms. The van der Waals surface area contributed by atoms with Gasteiger partial charge in [-0.1, -0.05) is 0 Å². The number of rotatable bonds is 2. The number of hydrogen-bond acceptors (Lipinski definition) is 4. The number of nitrogens with zero attached hydrogens (tertiary/aromatic N) is 2. The second-order valence-electron chi connectivity index (χ2n) is 6.66. The molecule has 3 rings (SSSR count). The van der Waals surface area contributed by atoms with Crippen LogP contribution in [0.2, 0.25) is 0 Å². The molecule has 2 aromatic rings. The van der Waals surface area contributed by atoms with E-state index in [-0.39, 0.29) is 17.6 Å². The van der Waals surface area contributed by atoms with Crippen LogP contribution < -0.4 is 15.8 Å². The van der Waals surface area contributed by atoms with Crippen molar-refractivity contribution in [1.82, 2.24) is 15.1 Å². The van der Waals surface area contributed by atoms with Crippen LogP contribution in [0.4, 0.5) is 5.69 Å². The van der Waals surface area contributed by atoms with Gasteiger partial charge in [-0.15, -0.1) is 0 Å². The maximum Gasteiger partial charge on any atom is 0.255 e. The zero-order valence-electron chi connectivity index (χ0n) is 13.9. The first-order valence-corrected chi connectivity index (χ1v) is 7.65. The van der Waals surface area contributed by atoms with Gasteiger partial charge in [0.05, 0.1) is 17.8 Å². The molecule has 0 radical (unpaired) electrons. The number of amides is 1. The van der Waals surface area contributed by atoms with Gasteiger partial charge in [0.2, 0.25) is 0 Å². The van der Waals surface area contributed by atoms with E-state index in [2.05, 4.69) is 10.4 Å². The standard InChI is InChI=1S/C17H22N4O2/c1-10-13(9-19-21(10)4)16(22)20-14-8-17(2,3)23-15-6-5-11(18)7-12(14)15/h5-7,9,14H,8,18H2,1-4H3,(H,20,22). The van der Waals surface area contributed by atoms with E-state index in [4.69, 9.17) is 10.5 Å². The number of hydrogen-bond donors (Lipinski definition) is 2. The maximum atomic E-state index is 12.6. The molecule has 0 spiro atoms. The van der Waals surface area contributed by atoms with Gasteiger partial charge >= 0.3 is 0 Å². The number of ether oxygens (including phenoxy) is 1. The van der Waals surface area contributed by atoms with Crippen LogP contribution in [0.15, 0.2) is 24.4 Å². The summed E-state index contributed by atoms with van der Waals surface area (Å²) >= 11 is 0. The molecule has 1 aromatic carbocycles. The molecule has 1 aliphatic heterocycles. The molecule has 0 aliphatic carbocycles. The average molecular weight is 314 g/mol. The molecule has 122 valence electrons. The summed E-state index contributed by atoms with van der Waals surface area (Å²) in [5, 5.41) is 7.23. The number of benzene rings is 1. The molecule has 6 nitrogen and oxygen atoms in total. The quantitative estimate of drug-likeness (QED) is 0.834. The lowest BCUT2D eigenvalue weighted by atomic mass is 9.89. The van der Waals surface area contributed by atoms with Crippen molar-refractivity contribution in [1.29, 1.82) is 0 Å². The highest BCUT2D eigenvalue weighted by molar-refractivity contribution is 5.95. The number of anilines is 1. The van der Waals surface area contributed by atoms with Gasteiger partial charge in [-0.25, -0.2) is 0 Å². The Labute approximate surface area is 135 Å². The monoisotopic (exact) mass is 314 g/mol. The summed E-state index contributed by atoms with van der Waals surface area (Å²) in [7, 11) is 1.82. The van der Waals surface area contributed by atoms with Gasteiger partial charge in [0.25, 0.3) is 5.91 Å². The van der Waals surface area contributed by atoms with E-state index >= 15 is 0 Å². The largest absolute Gasteiger partial charge is 0.487 e. The summed E-state index contributed by atoms with van der Waals surface area (Å²) in [5.74, 6) is 0.635. The van der Waals surface area contributed by atoms with Gasteiger partial charge in [-0.05, 0) is 39.0 Å². The number of aryl methyl sites for hydroxylation is 1. The maximum absolute atomic E-state index is 12.6. The third-order valence-corrected chi connectivity index (χ3v) is 4.28. The summed E-state index contributed by atoms with van der Waals surface area (Å²) in [4.78, 5) is 12.6. The van der Waals surface area contributed by atoms with Crippen molar-refractivity contribution in [3.8, 4) is 5.75 Å². The number of fused-ring (bicyclic) bond motifs is 1. The van der Waals surface area contributed by atoms with Crippen molar-refractivity contribution in [3.05, 3.63) is 41.2 Å². The SMILES string of the molecule is Cc1c(C(=O)NC2CC(C)(C)Oc3ccc(N)cc32)cnn1C. The van der Waals surface area contributed by atoms with Crippen LogP contribution in [0.25, 0.3) is 0 Å². The Morgan fingerprint density at radius 2 is 2.22 bits per heavy atom. The van der Waals surface area contributed by atoms with Gasteiger partial charge in [0, 0.05) is 30.4 Å². The molecule has 2 heterocycles. The van der Waals surface area contributed by atoms with E-state index in [1.54, 1.807) is 10.9 Å². The lowest BCUT2D eigenvalue weighted by Gasteiger charge is -2.38. The molecule has 0 fully saturated rings. The second kappa shape index (κ2) is 5.30. The predicted octanol–water partition coefficient (Wildman–Crippen LogP) is 2.34. The Kier molecular flexibility index (Phi) is 3.55. The minimum atomic E-state index is -0.356. The van der Waals surface area contributed by atoms with Crippen LogP contribution in [0, 0.1) is 6.92 Å². The topological polar surface area (TPSA) is 82.2 Å². The zero-order chi connectivity index (χ0) is 16.8. The molecule has 1 amide bonds. The number of nitrogen functional groups attached to an aromatic ring is 1. The molecule has 6 heteroatoms. The number of nitrogens with two attached hydrogens (primary N) is 1. The highest BCUT2D eigenvalue weighted by Gasteiger charge is 2.35. The van der Waals surface area contributed by atoms with E-state index in [1.807, 2.05) is 46.0 Å². The highest BCUT2D eigenvalue weighted by Crippen LogP contribution is 2.40. The van der Waals surface area contributed by atoms with E-state index in [0.717, 1.165) is 17.0 Å². The second-order valence-corrected chi connectivity index (χ2v) is 6.66. The van der Waals surface area contributed by atoms with E-state index in [0.29, 0.717) is 17.7 Å². The fourth-order valence-electron chi connectivity index (χ4n) is 2.96. The Bertz CT molecular complexity index is 764. The van der Waals surface area contributed by atoms with E-state index in [1.165, 1.54) is 0 Å². The molecule has 0 saturated heterocycles. The number of carbonyl (C=O) groups is 1. The van der Waals surface area contributed by atoms with Crippen molar-refractivity contribution >= 4 is 11.6 Å². The molecule has 1 atom stereocenters. The molecule has 0 saturated carbocycles. The lowest BCUT2D eigenvalue weighted by molar-refractivity contribution is 0.0620. The first-order chi connectivity index (χ1) is 10.8. The van der Waals surface area contributed by atoms with Gasteiger partial charge in [0.1, 0.15) is 11.4 Å². The molecule has 1 unspecified atom stereocenters. The van der Waals surface area contributed by atoms with Crippen molar-refractivity contribution in [2.75, 3.05) is 5.73 Å². The summed E-state index contributed by atoms with van der Waals surface area (Å²) < 4.78 is 7.69. The summed E-state index contributed by atoms with van der Waals surface area (Å²) in [6, 6.07) is 5.39. The number of carbonyl (C=O) groups excluding carboxylic acids is 1. The van der Waals surface area contributed by atoms with Crippen LogP contribution in [0.1, 0.15) is 47.9 Å². The Morgan fingerprint density at radius 1 is 1.48 bits per heavy atom. The smallest absolute Gasteiger partial charge is 0.255 e. The summed E-state index contributed by atoms with van der Waals surface area (Å²) in [6.45, 7) is 5.91. The Hall–Kier alpha value is -2.50. The minimum absolute atomic E-state index is 0.133. The van der Waals surface area contributed by atoms with E-state index < -0.39 is 0 Å². The van der Waals surface area contributed by atoms with Crippen LogP contribution in [-0.4, -0.2) is 21.3 Å². The van der Waals surface area contributed by atoms with Crippen LogP contribution in [-0.2, 0) is 7.05 Å². The Morgan fingerprint density at radius 3 is 2.87 bits per heavy atom. The summed E-state index contributed by atoms with van der Waals surface area (Å²) in [6.07, 6.45) is 2.27. The first kappa shape index (κ1) is 15.4. The van der Waals surface area contributed by atoms with Gasteiger partial charge in [-0.3, -0.25) is 9.48 Å². The minimum Gasteiger partial charge on any atom is -0.487 e. The normalized spacial score (nSPS) is 18.9. The number of aromatic nitrogens is 2. The van der Waals surface area contributed by atoms with Gasteiger partial charge in [0.15, 0.2) is 0 Å². The van der Waals surface area contributed by atoms with Crippen molar-refractivity contribution in [2.45, 2.75) is 38.8 Å². The number of nitrogens with one attached hydrogen (secondary N) is 1. The third-order valence-electron chi connectivity index (χ3n) is 4.28. The molecular weight excluding hydrogens is 292 g/mol. The molecular formula is C17H22N4O2. The van der Waals surface area contributed by atoms with Crippen molar-refractivity contribution in [3.63, 3.8) is 0 Å². The predicted molar refractivity (Wildman–Crippen MR) is 88.3 cm³/mol. The lowest BCUT2D eigenvalue weighted by Crippen LogP contribution is -2.41. The van der Waals surface area contributed by atoms with Crippen LogP contribution in [0.5, 0.6) is 5.75 Å². The third kappa shape index (κ3) is 2.88. The summed E-state index contributed by atoms with van der Waals surface area (Å²) in [5.41, 5.74) is 8.54. The molecule has 3 N–H and O–H groups in total. The van der Waals surface area contributed by atoms with Crippen molar-refractivity contribution < 1.29 is 9.53 Å². The fourth-order valence-corrected chi connectivity index (χ4v) is 2.96. The molecule has 23 heavy (non-hydrogen) atoms. The Balaban J connectivity index is 1.92. The highest BCUT2D eigenvalue weighted by atomic mass is 16.5. The van der Waals surface area contributed by atoms with Gasteiger partial charge in [-0.2, -0.15) is 5.10 Å². The van der Waals surface area contributed by atoms with Gasteiger partial charge < -0.3 is 15.8 Å². The molecule has 1 aromatic heterocycles. The van der Waals surface area contributed by atoms with Crippen molar-refractivity contribution in [2.24, 2.45) is 7.05 Å². The van der Waals surface area contributed by atoms with Crippen LogP contribution in [0.3, 0.4) is 0 Å². The first-order valence-electron chi connectivity index (χ1n) is 7.65. The van der Waals surface area contributed by atoms with Crippen LogP contribution >= 0.6 is 0 Å². The average Bonchev–Trinajstić information content (AvgIpc) is 2.79. The fraction of sp³-hybridized carbons (Fsp3) is 0.412.